The lowest BCUT2D eigenvalue weighted by molar-refractivity contribution is 0.475. The largest absolute Gasteiger partial charge is 0.236 e. The third-order valence-corrected chi connectivity index (χ3v) is 5.20. The Morgan fingerprint density at radius 2 is 1.61 bits per heavy atom. The fourth-order valence-electron chi connectivity index (χ4n) is 2.19. The van der Waals surface area contributed by atoms with Crippen molar-refractivity contribution in [3.05, 3.63) is 76.7 Å². The average molecular weight is 329 g/mol. The molecule has 0 unspecified atom stereocenters. The summed E-state index contributed by atoms with van der Waals surface area (Å²) in [6.45, 7) is 4.64. The van der Waals surface area contributed by atoms with Crippen LogP contribution in [0, 0.1) is 0 Å². The molecule has 0 bridgehead atoms. The smallest absolute Gasteiger partial charge is 0.208 e. The lowest BCUT2D eigenvalue weighted by atomic mass is 10.0. The van der Waals surface area contributed by atoms with Crippen molar-refractivity contribution >= 4 is 16.1 Å². The van der Waals surface area contributed by atoms with E-state index in [0.29, 0.717) is 12.5 Å². The van der Waals surface area contributed by atoms with Gasteiger partial charge in [0.25, 0.3) is 0 Å². The summed E-state index contributed by atoms with van der Waals surface area (Å²) in [5.74, 6) is 0.472. The van der Waals surface area contributed by atoms with Crippen molar-refractivity contribution in [2.24, 2.45) is 0 Å². The first-order chi connectivity index (χ1) is 10.9. The molecular formula is C19H23NO2S. The summed E-state index contributed by atoms with van der Waals surface area (Å²) in [4.78, 5) is 0. The minimum absolute atomic E-state index is 0.361. The zero-order valence-corrected chi connectivity index (χ0v) is 14.6. The van der Waals surface area contributed by atoms with Crippen molar-refractivity contribution in [1.29, 1.82) is 0 Å². The predicted octanol–water partition coefficient (Wildman–Crippen LogP) is 4.24. The highest BCUT2D eigenvalue weighted by Crippen LogP contribution is 2.16. The van der Waals surface area contributed by atoms with Crippen LogP contribution in [0.25, 0.3) is 6.08 Å². The summed E-state index contributed by atoms with van der Waals surface area (Å²) in [7, 11) is -1.83. The molecule has 0 atom stereocenters. The third-order valence-electron chi connectivity index (χ3n) is 3.72. The Kier molecular flexibility index (Phi) is 5.74. The maximum atomic E-state index is 12.3. The van der Waals surface area contributed by atoms with Crippen LogP contribution in [-0.2, 0) is 16.6 Å². The van der Waals surface area contributed by atoms with Crippen LogP contribution in [-0.4, -0.2) is 19.8 Å². The van der Waals surface area contributed by atoms with E-state index in [-0.39, 0.29) is 0 Å². The second kappa shape index (κ2) is 7.57. The molecule has 23 heavy (non-hydrogen) atoms. The number of hydrogen-bond acceptors (Lipinski definition) is 2. The minimum atomic E-state index is -3.43. The highest BCUT2D eigenvalue weighted by molar-refractivity contribution is 7.92. The molecule has 0 aliphatic heterocycles. The molecule has 0 radical (unpaired) electrons. The molecule has 0 saturated carbocycles. The molecule has 0 spiro atoms. The fourth-order valence-corrected chi connectivity index (χ4v) is 3.05. The standard InChI is InChI=1S/C19H23NO2S/c1-16(2)19-11-9-18(10-12-19)15-20(3)23(21,22)14-13-17-7-5-4-6-8-17/h4-14,16H,15H2,1-3H3/b14-13+. The highest BCUT2D eigenvalue weighted by atomic mass is 32.2. The molecule has 2 rings (SSSR count). The first kappa shape index (κ1) is 17.4. The summed E-state index contributed by atoms with van der Waals surface area (Å²) < 4.78 is 26.0. The van der Waals surface area contributed by atoms with Crippen LogP contribution in [0.5, 0.6) is 0 Å². The van der Waals surface area contributed by atoms with Gasteiger partial charge in [0.15, 0.2) is 0 Å². The Morgan fingerprint density at radius 1 is 1.00 bits per heavy atom. The van der Waals surface area contributed by atoms with Gasteiger partial charge in [0.05, 0.1) is 0 Å². The Hall–Kier alpha value is -1.91. The molecule has 0 amide bonds. The van der Waals surface area contributed by atoms with E-state index in [9.17, 15) is 8.42 Å². The van der Waals surface area contributed by atoms with Crippen LogP contribution in [0.1, 0.15) is 36.5 Å². The van der Waals surface area contributed by atoms with E-state index in [4.69, 9.17) is 0 Å². The Morgan fingerprint density at radius 3 is 2.17 bits per heavy atom. The Balaban J connectivity index is 2.06. The predicted molar refractivity (Wildman–Crippen MR) is 96.4 cm³/mol. The molecule has 0 saturated heterocycles. The van der Waals surface area contributed by atoms with E-state index in [1.54, 1.807) is 13.1 Å². The van der Waals surface area contributed by atoms with Gasteiger partial charge in [-0.3, -0.25) is 0 Å². The molecule has 3 nitrogen and oxygen atoms in total. The van der Waals surface area contributed by atoms with E-state index in [2.05, 4.69) is 26.0 Å². The van der Waals surface area contributed by atoms with Crippen molar-refractivity contribution in [2.45, 2.75) is 26.3 Å². The average Bonchev–Trinajstić information content (AvgIpc) is 2.54. The van der Waals surface area contributed by atoms with Crippen molar-refractivity contribution in [3.63, 3.8) is 0 Å². The molecule has 0 aromatic heterocycles. The van der Waals surface area contributed by atoms with Crippen molar-refractivity contribution in [2.75, 3.05) is 7.05 Å². The molecule has 0 fully saturated rings. The lowest BCUT2D eigenvalue weighted by Crippen LogP contribution is -2.24. The summed E-state index contributed by atoms with van der Waals surface area (Å²) >= 11 is 0. The molecule has 0 heterocycles. The molecular weight excluding hydrogens is 306 g/mol. The second-order valence-electron chi connectivity index (χ2n) is 5.91. The van der Waals surface area contributed by atoms with Gasteiger partial charge in [0, 0.05) is 19.0 Å². The number of sulfonamides is 1. The third kappa shape index (κ3) is 5.05. The SMILES string of the molecule is CC(C)c1ccc(CN(C)S(=O)(=O)/C=C/c2ccccc2)cc1. The molecule has 4 heteroatoms. The lowest BCUT2D eigenvalue weighted by Gasteiger charge is -2.15. The van der Waals surface area contributed by atoms with Crippen LogP contribution in [0.2, 0.25) is 0 Å². The maximum absolute atomic E-state index is 12.3. The first-order valence-corrected chi connectivity index (χ1v) is 9.17. The second-order valence-corrected chi connectivity index (χ2v) is 7.84. The van der Waals surface area contributed by atoms with E-state index >= 15 is 0 Å². The van der Waals surface area contributed by atoms with Crippen LogP contribution in [0.3, 0.4) is 0 Å². The Bertz CT molecular complexity index is 748. The number of benzene rings is 2. The van der Waals surface area contributed by atoms with Crippen LogP contribution in [0.4, 0.5) is 0 Å². The maximum Gasteiger partial charge on any atom is 0.236 e. The molecule has 2 aromatic carbocycles. The summed E-state index contributed by atoms with van der Waals surface area (Å²) in [6, 6.07) is 17.5. The number of hydrogen-bond donors (Lipinski definition) is 0. The van der Waals surface area contributed by atoms with Crippen LogP contribution in [0.15, 0.2) is 60.0 Å². The minimum Gasteiger partial charge on any atom is -0.208 e. The quantitative estimate of drug-likeness (QED) is 0.795. The normalized spacial score (nSPS) is 12.4. The van der Waals surface area contributed by atoms with E-state index in [1.807, 2.05) is 42.5 Å². The molecule has 0 aliphatic rings. The van der Waals surface area contributed by atoms with E-state index in [0.717, 1.165) is 11.1 Å². The first-order valence-electron chi connectivity index (χ1n) is 7.67. The van der Waals surface area contributed by atoms with Gasteiger partial charge in [0.2, 0.25) is 10.0 Å². The number of rotatable bonds is 6. The monoisotopic (exact) mass is 329 g/mol. The van der Waals surface area contributed by atoms with Crippen molar-refractivity contribution < 1.29 is 8.42 Å². The van der Waals surface area contributed by atoms with Gasteiger partial charge in [-0.15, -0.1) is 0 Å². The summed E-state index contributed by atoms with van der Waals surface area (Å²) in [6.07, 6.45) is 1.62. The van der Waals surface area contributed by atoms with Gasteiger partial charge in [0.1, 0.15) is 0 Å². The molecule has 122 valence electrons. The molecule has 2 aromatic rings. The van der Waals surface area contributed by atoms with Crippen molar-refractivity contribution in [1.82, 2.24) is 4.31 Å². The van der Waals surface area contributed by atoms with Gasteiger partial charge in [-0.2, -0.15) is 4.31 Å². The van der Waals surface area contributed by atoms with E-state index in [1.165, 1.54) is 15.3 Å². The van der Waals surface area contributed by atoms with Gasteiger partial charge < -0.3 is 0 Å². The Labute approximate surface area is 139 Å². The van der Waals surface area contributed by atoms with Crippen LogP contribution < -0.4 is 0 Å². The van der Waals surface area contributed by atoms with Gasteiger partial charge in [-0.05, 0) is 28.7 Å². The van der Waals surface area contributed by atoms with E-state index < -0.39 is 10.0 Å². The zero-order valence-electron chi connectivity index (χ0n) is 13.8. The van der Waals surface area contributed by atoms with Gasteiger partial charge >= 0.3 is 0 Å². The van der Waals surface area contributed by atoms with Crippen LogP contribution >= 0.6 is 0 Å². The zero-order chi connectivity index (χ0) is 16.9. The van der Waals surface area contributed by atoms with Gasteiger partial charge in [-0.25, -0.2) is 8.42 Å². The van der Waals surface area contributed by atoms with Gasteiger partial charge in [-0.1, -0.05) is 68.4 Å². The molecule has 0 aliphatic carbocycles. The molecule has 0 N–H and O–H groups in total. The fraction of sp³-hybridized carbons (Fsp3) is 0.263. The summed E-state index contributed by atoms with van der Waals surface area (Å²) in [5.41, 5.74) is 3.10. The topological polar surface area (TPSA) is 37.4 Å². The highest BCUT2D eigenvalue weighted by Gasteiger charge is 2.14. The summed E-state index contributed by atoms with van der Waals surface area (Å²) in [5, 5.41) is 1.25. The number of nitrogens with zero attached hydrogens (tertiary/aromatic N) is 1. The van der Waals surface area contributed by atoms with Crippen molar-refractivity contribution in [3.8, 4) is 0 Å².